The normalized spacial score (nSPS) is 22.8. The minimum Gasteiger partial charge on any atom is -0.365 e. The van der Waals surface area contributed by atoms with Crippen molar-refractivity contribution in [3.05, 3.63) is 47.0 Å². The predicted molar refractivity (Wildman–Crippen MR) is 115 cm³/mol. The van der Waals surface area contributed by atoms with Crippen LogP contribution in [0.2, 0.25) is 0 Å². The SMILES string of the molecule is CNc1nc(C2(c3ccccc3)CCN(C(=O)C3CCCN(C)C3)CC2)cs1. The number of thiazole rings is 1. The van der Waals surface area contributed by atoms with Crippen molar-refractivity contribution >= 4 is 22.4 Å². The minimum absolute atomic E-state index is 0.104. The maximum Gasteiger partial charge on any atom is 0.226 e. The lowest BCUT2D eigenvalue weighted by atomic mass is 9.70. The molecule has 1 atom stereocenters. The summed E-state index contributed by atoms with van der Waals surface area (Å²) >= 11 is 1.66. The van der Waals surface area contributed by atoms with Gasteiger partial charge in [0.1, 0.15) is 0 Å². The number of benzene rings is 1. The van der Waals surface area contributed by atoms with Gasteiger partial charge in [-0.1, -0.05) is 30.3 Å². The number of carbonyl (C=O) groups excluding carboxylic acids is 1. The largest absolute Gasteiger partial charge is 0.365 e. The van der Waals surface area contributed by atoms with E-state index in [4.69, 9.17) is 4.98 Å². The van der Waals surface area contributed by atoms with Crippen molar-refractivity contribution in [2.24, 2.45) is 5.92 Å². The van der Waals surface area contributed by atoms with Crippen LogP contribution in [0.25, 0.3) is 0 Å². The van der Waals surface area contributed by atoms with Gasteiger partial charge in [0.2, 0.25) is 5.91 Å². The van der Waals surface area contributed by atoms with Crippen LogP contribution < -0.4 is 5.32 Å². The number of nitrogens with zero attached hydrogens (tertiary/aromatic N) is 3. The number of rotatable bonds is 4. The fraction of sp³-hybridized carbons (Fsp3) is 0.545. The van der Waals surface area contributed by atoms with Gasteiger partial charge < -0.3 is 15.1 Å². The van der Waals surface area contributed by atoms with Crippen LogP contribution in [0.4, 0.5) is 5.13 Å². The first-order chi connectivity index (χ1) is 13.6. The highest BCUT2D eigenvalue weighted by atomic mass is 32.1. The Bertz CT molecular complexity index is 798. The lowest BCUT2D eigenvalue weighted by Gasteiger charge is -2.43. The molecular weight excluding hydrogens is 368 g/mol. The third-order valence-corrected chi connectivity index (χ3v) is 7.30. The third-order valence-electron chi connectivity index (χ3n) is 6.44. The second-order valence-electron chi connectivity index (χ2n) is 8.16. The summed E-state index contributed by atoms with van der Waals surface area (Å²) in [6.07, 6.45) is 4.01. The zero-order valence-electron chi connectivity index (χ0n) is 16.9. The van der Waals surface area contributed by atoms with E-state index in [0.29, 0.717) is 5.91 Å². The summed E-state index contributed by atoms with van der Waals surface area (Å²) in [6, 6.07) is 10.7. The molecule has 2 aliphatic rings. The second kappa shape index (κ2) is 8.21. The molecule has 150 valence electrons. The van der Waals surface area contributed by atoms with Gasteiger partial charge in [0.25, 0.3) is 0 Å². The summed E-state index contributed by atoms with van der Waals surface area (Å²) in [5, 5.41) is 6.31. The number of piperidine rings is 2. The van der Waals surface area contributed by atoms with Crippen LogP contribution in [-0.2, 0) is 10.2 Å². The van der Waals surface area contributed by atoms with Gasteiger partial charge in [0, 0.05) is 37.5 Å². The fourth-order valence-corrected chi connectivity index (χ4v) is 5.56. The van der Waals surface area contributed by atoms with Gasteiger partial charge in [-0.3, -0.25) is 4.79 Å². The molecular formula is C22H30N4OS. The number of aromatic nitrogens is 1. The van der Waals surface area contributed by atoms with E-state index in [1.165, 1.54) is 5.56 Å². The zero-order valence-corrected chi connectivity index (χ0v) is 17.7. The van der Waals surface area contributed by atoms with Crippen molar-refractivity contribution in [2.45, 2.75) is 31.1 Å². The van der Waals surface area contributed by atoms with Crippen LogP contribution in [0.5, 0.6) is 0 Å². The Morgan fingerprint density at radius 1 is 1.21 bits per heavy atom. The molecule has 0 aliphatic carbocycles. The zero-order chi connectivity index (χ0) is 19.6. The van der Waals surface area contributed by atoms with E-state index in [0.717, 1.165) is 62.7 Å². The molecule has 2 aliphatic heterocycles. The summed E-state index contributed by atoms with van der Waals surface area (Å²) in [4.78, 5) is 22.4. The number of hydrogen-bond acceptors (Lipinski definition) is 5. The molecule has 0 radical (unpaired) electrons. The van der Waals surface area contributed by atoms with Crippen LogP contribution in [0.3, 0.4) is 0 Å². The first kappa shape index (κ1) is 19.4. The van der Waals surface area contributed by atoms with Gasteiger partial charge in [0.05, 0.1) is 11.6 Å². The molecule has 0 bridgehead atoms. The minimum atomic E-state index is -0.104. The first-order valence-corrected chi connectivity index (χ1v) is 11.2. The molecule has 1 N–H and O–H groups in total. The van der Waals surface area contributed by atoms with E-state index in [-0.39, 0.29) is 11.3 Å². The highest BCUT2D eigenvalue weighted by Crippen LogP contribution is 2.43. The van der Waals surface area contributed by atoms with Crippen LogP contribution in [0.15, 0.2) is 35.7 Å². The number of nitrogens with one attached hydrogen (secondary N) is 1. The number of amides is 1. The van der Waals surface area contributed by atoms with E-state index in [1.54, 1.807) is 11.3 Å². The molecule has 3 heterocycles. The van der Waals surface area contributed by atoms with Gasteiger partial charge in [-0.2, -0.15) is 0 Å². The van der Waals surface area contributed by atoms with E-state index >= 15 is 0 Å². The number of likely N-dealkylation sites (tertiary alicyclic amines) is 2. The summed E-state index contributed by atoms with van der Waals surface area (Å²) in [7, 11) is 4.04. The second-order valence-corrected chi connectivity index (χ2v) is 9.02. The van der Waals surface area contributed by atoms with Crippen molar-refractivity contribution in [1.82, 2.24) is 14.8 Å². The molecule has 28 heavy (non-hydrogen) atoms. The Balaban J connectivity index is 1.55. The quantitative estimate of drug-likeness (QED) is 0.857. The van der Waals surface area contributed by atoms with Crippen molar-refractivity contribution in [3.8, 4) is 0 Å². The maximum absolute atomic E-state index is 13.1. The van der Waals surface area contributed by atoms with Gasteiger partial charge in [-0.25, -0.2) is 4.98 Å². The molecule has 0 spiro atoms. The van der Waals surface area contributed by atoms with E-state index < -0.39 is 0 Å². The molecule has 5 nitrogen and oxygen atoms in total. The summed E-state index contributed by atoms with van der Waals surface area (Å²) in [5.41, 5.74) is 2.34. The van der Waals surface area contributed by atoms with Gasteiger partial charge in [-0.05, 0) is 44.8 Å². The van der Waals surface area contributed by atoms with E-state index in [9.17, 15) is 4.79 Å². The highest BCUT2D eigenvalue weighted by Gasteiger charge is 2.41. The lowest BCUT2D eigenvalue weighted by molar-refractivity contribution is -0.138. The summed E-state index contributed by atoms with van der Waals surface area (Å²) < 4.78 is 0. The Morgan fingerprint density at radius 2 is 1.96 bits per heavy atom. The van der Waals surface area contributed by atoms with Crippen molar-refractivity contribution in [2.75, 3.05) is 45.6 Å². The number of anilines is 1. The maximum atomic E-state index is 13.1. The fourth-order valence-electron chi connectivity index (χ4n) is 4.79. The monoisotopic (exact) mass is 398 g/mol. The molecule has 4 rings (SSSR count). The third kappa shape index (κ3) is 3.67. The predicted octanol–water partition coefficient (Wildman–Crippen LogP) is 3.44. The molecule has 2 fully saturated rings. The Kier molecular flexibility index (Phi) is 5.69. The summed E-state index contributed by atoms with van der Waals surface area (Å²) in [6.45, 7) is 3.62. The Labute approximate surface area is 171 Å². The van der Waals surface area contributed by atoms with Gasteiger partial charge in [-0.15, -0.1) is 11.3 Å². The van der Waals surface area contributed by atoms with E-state index in [1.807, 2.05) is 7.05 Å². The van der Waals surface area contributed by atoms with Crippen molar-refractivity contribution < 1.29 is 4.79 Å². The van der Waals surface area contributed by atoms with Crippen LogP contribution in [0, 0.1) is 5.92 Å². The molecule has 1 aromatic carbocycles. The molecule has 1 unspecified atom stereocenters. The Hall–Kier alpha value is -1.92. The topological polar surface area (TPSA) is 48.5 Å². The average molecular weight is 399 g/mol. The first-order valence-electron chi connectivity index (χ1n) is 10.3. The number of carbonyl (C=O) groups is 1. The van der Waals surface area contributed by atoms with Crippen molar-refractivity contribution in [3.63, 3.8) is 0 Å². The average Bonchev–Trinajstić information content (AvgIpc) is 3.24. The molecule has 2 aromatic rings. The van der Waals surface area contributed by atoms with E-state index in [2.05, 4.69) is 57.9 Å². The van der Waals surface area contributed by atoms with Gasteiger partial charge in [0.15, 0.2) is 5.13 Å². The summed E-state index contributed by atoms with van der Waals surface area (Å²) in [5.74, 6) is 0.514. The molecule has 6 heteroatoms. The standard InChI is InChI=1S/C22H30N4OS/c1-23-21-24-19(16-28-21)22(18-8-4-3-5-9-18)10-13-26(14-11-22)20(27)17-7-6-12-25(2)15-17/h3-5,8-9,16-17H,6-7,10-15H2,1-2H3,(H,23,24). The molecule has 1 aromatic heterocycles. The van der Waals surface area contributed by atoms with Crippen LogP contribution >= 0.6 is 11.3 Å². The van der Waals surface area contributed by atoms with Crippen molar-refractivity contribution in [1.29, 1.82) is 0 Å². The van der Waals surface area contributed by atoms with Crippen LogP contribution in [-0.4, -0.2) is 61.0 Å². The highest BCUT2D eigenvalue weighted by molar-refractivity contribution is 7.13. The molecule has 0 saturated carbocycles. The Morgan fingerprint density at radius 3 is 2.61 bits per heavy atom. The molecule has 2 saturated heterocycles. The molecule has 1 amide bonds. The smallest absolute Gasteiger partial charge is 0.226 e. The number of hydrogen-bond donors (Lipinski definition) is 1. The van der Waals surface area contributed by atoms with Crippen LogP contribution in [0.1, 0.15) is 36.9 Å². The van der Waals surface area contributed by atoms with Gasteiger partial charge >= 0.3 is 0 Å². The lowest BCUT2D eigenvalue weighted by Crippen LogP contribution is -2.50.